The third-order valence-electron chi connectivity index (χ3n) is 4.17. The van der Waals surface area contributed by atoms with E-state index in [2.05, 4.69) is 47.2 Å². The van der Waals surface area contributed by atoms with Gasteiger partial charge in [-0.2, -0.15) is 0 Å². The summed E-state index contributed by atoms with van der Waals surface area (Å²) in [6.45, 7) is 0. The number of H-pyrrole nitrogens is 1. The van der Waals surface area contributed by atoms with E-state index in [0.29, 0.717) is 0 Å². The molecule has 0 radical (unpaired) electrons. The van der Waals surface area contributed by atoms with Crippen LogP contribution < -0.4 is 4.57 Å². The molecule has 3 aromatic rings. The number of hydrogen-bond donors (Lipinski definition) is 1. The predicted octanol–water partition coefficient (Wildman–Crippen LogP) is 3.02. The van der Waals surface area contributed by atoms with Gasteiger partial charge in [0.05, 0.1) is 5.52 Å². The third-order valence-corrected chi connectivity index (χ3v) is 4.17. The standard InChI is InChI=1S/C16H16N2/c1-18-9-8-12-11(10-18)6-7-14-13-4-2-3-5-15(13)17-16(12)14/h6-10H,2-5H2,1H3/p+1. The van der Waals surface area contributed by atoms with Gasteiger partial charge in [-0.15, -0.1) is 0 Å². The van der Waals surface area contributed by atoms with Crippen LogP contribution in [0.1, 0.15) is 24.1 Å². The van der Waals surface area contributed by atoms with Gasteiger partial charge in [-0.25, -0.2) is 4.57 Å². The fourth-order valence-corrected chi connectivity index (χ4v) is 3.26. The maximum atomic E-state index is 3.67. The predicted molar refractivity (Wildman–Crippen MR) is 73.6 cm³/mol. The molecule has 1 aliphatic carbocycles. The summed E-state index contributed by atoms with van der Waals surface area (Å²) >= 11 is 0. The number of nitrogens with one attached hydrogen (secondary N) is 1. The molecule has 0 unspecified atom stereocenters. The fourth-order valence-electron chi connectivity index (χ4n) is 3.26. The average molecular weight is 237 g/mol. The van der Waals surface area contributed by atoms with Crippen molar-refractivity contribution in [3.8, 4) is 0 Å². The SMILES string of the molecule is C[n+]1ccc2c(ccc3c4c([nH]c32)CCCC4)c1. The van der Waals surface area contributed by atoms with E-state index in [1.807, 2.05) is 0 Å². The highest BCUT2D eigenvalue weighted by Crippen LogP contribution is 2.32. The number of aromatic amines is 1. The van der Waals surface area contributed by atoms with Crippen molar-refractivity contribution in [3.63, 3.8) is 0 Å². The molecule has 0 spiro atoms. The molecule has 90 valence electrons. The van der Waals surface area contributed by atoms with Gasteiger partial charge in [-0.05, 0) is 37.3 Å². The minimum atomic E-state index is 1.21. The lowest BCUT2D eigenvalue weighted by Gasteiger charge is -2.10. The molecule has 0 atom stereocenters. The van der Waals surface area contributed by atoms with Crippen molar-refractivity contribution in [3.05, 3.63) is 41.9 Å². The number of benzene rings is 1. The molecule has 1 aliphatic rings. The van der Waals surface area contributed by atoms with Crippen molar-refractivity contribution in [1.29, 1.82) is 0 Å². The van der Waals surface area contributed by atoms with Crippen LogP contribution >= 0.6 is 0 Å². The maximum Gasteiger partial charge on any atom is 0.176 e. The molecule has 2 heterocycles. The minimum absolute atomic E-state index is 1.21. The summed E-state index contributed by atoms with van der Waals surface area (Å²) in [5.41, 5.74) is 4.36. The van der Waals surface area contributed by atoms with Gasteiger partial charge in [-0.1, -0.05) is 6.07 Å². The summed E-state index contributed by atoms with van der Waals surface area (Å²) in [5.74, 6) is 0. The molecule has 1 aromatic carbocycles. The van der Waals surface area contributed by atoms with Crippen LogP contribution in [0.4, 0.5) is 0 Å². The molecule has 18 heavy (non-hydrogen) atoms. The summed E-state index contributed by atoms with van der Waals surface area (Å²) < 4.78 is 2.11. The van der Waals surface area contributed by atoms with Crippen LogP contribution in [-0.4, -0.2) is 4.98 Å². The lowest BCUT2D eigenvalue weighted by atomic mass is 9.95. The van der Waals surface area contributed by atoms with Crippen molar-refractivity contribution in [2.24, 2.45) is 7.05 Å². The Bertz CT molecular complexity index is 752. The van der Waals surface area contributed by atoms with Gasteiger partial charge in [0, 0.05) is 27.9 Å². The smallest absolute Gasteiger partial charge is 0.176 e. The van der Waals surface area contributed by atoms with Crippen molar-refractivity contribution < 1.29 is 4.57 Å². The fraction of sp³-hybridized carbons (Fsp3) is 0.312. The lowest BCUT2D eigenvalue weighted by molar-refractivity contribution is -0.670. The topological polar surface area (TPSA) is 19.7 Å². The first-order valence-corrected chi connectivity index (χ1v) is 6.74. The highest BCUT2D eigenvalue weighted by atomic mass is 14.9. The average Bonchev–Trinajstić information content (AvgIpc) is 2.77. The Kier molecular flexibility index (Phi) is 2.01. The Hall–Kier alpha value is -1.83. The highest BCUT2D eigenvalue weighted by molar-refractivity contribution is 6.06. The quantitative estimate of drug-likeness (QED) is 0.580. The second-order valence-corrected chi connectivity index (χ2v) is 5.39. The number of fused-ring (bicyclic) bond motifs is 5. The molecule has 0 amide bonds. The first-order chi connectivity index (χ1) is 8.83. The Balaban J connectivity index is 2.13. The molecule has 2 heteroatoms. The monoisotopic (exact) mass is 237 g/mol. The molecular weight excluding hydrogens is 220 g/mol. The van der Waals surface area contributed by atoms with E-state index in [1.165, 1.54) is 53.1 Å². The van der Waals surface area contributed by atoms with Crippen molar-refractivity contribution in [2.75, 3.05) is 0 Å². The second kappa shape index (κ2) is 3.58. The van der Waals surface area contributed by atoms with E-state index in [0.717, 1.165) is 0 Å². The zero-order chi connectivity index (χ0) is 12.1. The van der Waals surface area contributed by atoms with Gasteiger partial charge < -0.3 is 4.98 Å². The third kappa shape index (κ3) is 1.32. The number of aryl methyl sites for hydroxylation is 3. The first-order valence-electron chi connectivity index (χ1n) is 6.74. The number of aromatic nitrogens is 2. The second-order valence-electron chi connectivity index (χ2n) is 5.39. The van der Waals surface area contributed by atoms with Crippen molar-refractivity contribution in [1.82, 2.24) is 4.98 Å². The summed E-state index contributed by atoms with van der Waals surface area (Å²) in [5, 5.41) is 4.09. The summed E-state index contributed by atoms with van der Waals surface area (Å²) in [4.78, 5) is 3.67. The Morgan fingerprint density at radius 2 is 1.94 bits per heavy atom. The maximum absolute atomic E-state index is 3.67. The molecule has 4 rings (SSSR count). The molecule has 1 N–H and O–H groups in total. The van der Waals surface area contributed by atoms with Crippen LogP contribution in [0.5, 0.6) is 0 Å². The van der Waals surface area contributed by atoms with Gasteiger partial charge in [0.2, 0.25) is 0 Å². The van der Waals surface area contributed by atoms with Gasteiger partial charge >= 0.3 is 0 Å². The normalized spacial score (nSPS) is 15.2. The molecular formula is C16H17N2+. The van der Waals surface area contributed by atoms with Crippen LogP contribution in [0.2, 0.25) is 0 Å². The van der Waals surface area contributed by atoms with Crippen LogP contribution in [-0.2, 0) is 19.9 Å². The highest BCUT2D eigenvalue weighted by Gasteiger charge is 2.16. The zero-order valence-electron chi connectivity index (χ0n) is 10.7. The van der Waals surface area contributed by atoms with E-state index >= 15 is 0 Å². The largest absolute Gasteiger partial charge is 0.358 e. The first kappa shape index (κ1) is 10.1. The zero-order valence-corrected chi connectivity index (χ0v) is 10.7. The van der Waals surface area contributed by atoms with E-state index in [4.69, 9.17) is 0 Å². The van der Waals surface area contributed by atoms with Gasteiger partial charge in [0.25, 0.3) is 0 Å². The molecule has 0 saturated heterocycles. The van der Waals surface area contributed by atoms with Crippen LogP contribution in [0.3, 0.4) is 0 Å². The number of pyridine rings is 1. The van der Waals surface area contributed by atoms with Crippen molar-refractivity contribution in [2.45, 2.75) is 25.7 Å². The van der Waals surface area contributed by atoms with Crippen LogP contribution in [0, 0.1) is 0 Å². The molecule has 0 fully saturated rings. The van der Waals surface area contributed by atoms with E-state index < -0.39 is 0 Å². The lowest BCUT2D eigenvalue weighted by Crippen LogP contribution is -2.25. The summed E-state index contributed by atoms with van der Waals surface area (Å²) in [7, 11) is 2.07. The van der Waals surface area contributed by atoms with Gasteiger partial charge in [0.15, 0.2) is 12.4 Å². The number of hydrogen-bond acceptors (Lipinski definition) is 0. The Labute approximate surface area is 106 Å². The number of rotatable bonds is 0. The van der Waals surface area contributed by atoms with E-state index in [-0.39, 0.29) is 0 Å². The van der Waals surface area contributed by atoms with Gasteiger partial charge in [-0.3, -0.25) is 0 Å². The van der Waals surface area contributed by atoms with E-state index in [1.54, 1.807) is 5.56 Å². The van der Waals surface area contributed by atoms with Crippen LogP contribution in [0.25, 0.3) is 21.7 Å². The van der Waals surface area contributed by atoms with Crippen molar-refractivity contribution >= 4 is 21.7 Å². The van der Waals surface area contributed by atoms with E-state index in [9.17, 15) is 0 Å². The minimum Gasteiger partial charge on any atom is -0.358 e. The summed E-state index contributed by atoms with van der Waals surface area (Å²) in [6, 6.07) is 6.76. The Morgan fingerprint density at radius 1 is 1.06 bits per heavy atom. The molecule has 0 aliphatic heterocycles. The molecule has 2 nitrogen and oxygen atoms in total. The Morgan fingerprint density at radius 3 is 2.89 bits per heavy atom. The summed E-state index contributed by atoms with van der Waals surface area (Å²) in [6.07, 6.45) is 9.43. The van der Waals surface area contributed by atoms with Crippen LogP contribution in [0.15, 0.2) is 30.6 Å². The van der Waals surface area contributed by atoms with Gasteiger partial charge in [0.1, 0.15) is 7.05 Å². The molecule has 0 saturated carbocycles. The molecule has 2 aromatic heterocycles. The number of nitrogens with zero attached hydrogens (tertiary/aromatic N) is 1. The molecule has 0 bridgehead atoms.